The lowest BCUT2D eigenvalue weighted by atomic mass is 9.90. The molecule has 1 N–H and O–H groups in total. The molecule has 148 valence electrons. The van der Waals surface area contributed by atoms with E-state index in [1.807, 2.05) is 6.92 Å². The van der Waals surface area contributed by atoms with Gasteiger partial charge in [-0.3, -0.25) is 0 Å². The van der Waals surface area contributed by atoms with Crippen molar-refractivity contribution in [1.29, 1.82) is 0 Å². The Morgan fingerprint density at radius 1 is 1.07 bits per heavy atom. The van der Waals surface area contributed by atoms with Gasteiger partial charge < -0.3 is 14.6 Å². The molecular weight excluding hydrogens is 351 g/mol. The van der Waals surface area contributed by atoms with Crippen molar-refractivity contribution in [2.45, 2.75) is 45.3 Å². The quantitative estimate of drug-likeness (QED) is 0.726. The Bertz CT molecular complexity index is 992. The third-order valence-corrected chi connectivity index (χ3v) is 6.30. The minimum absolute atomic E-state index is 0.277. The second kappa shape index (κ2) is 7.34. The minimum Gasteiger partial charge on any atom is -0.383 e. The summed E-state index contributed by atoms with van der Waals surface area (Å²) in [5.74, 6) is -0.277. The molecule has 0 fully saturated rings. The van der Waals surface area contributed by atoms with Crippen LogP contribution in [0.2, 0.25) is 0 Å². The third kappa shape index (κ3) is 3.36. The SMILES string of the molecule is CCC(O)(Cn1c2c(c3cc(C)ccc31)CCN(C)CC2)c1ccc(F)cc1. The van der Waals surface area contributed by atoms with E-state index < -0.39 is 5.60 Å². The van der Waals surface area contributed by atoms with E-state index in [4.69, 9.17) is 0 Å². The van der Waals surface area contributed by atoms with E-state index in [2.05, 4.69) is 41.6 Å². The van der Waals surface area contributed by atoms with Gasteiger partial charge >= 0.3 is 0 Å². The van der Waals surface area contributed by atoms with Crippen LogP contribution in [0.25, 0.3) is 10.9 Å². The summed E-state index contributed by atoms with van der Waals surface area (Å²) in [6, 6.07) is 12.9. The highest BCUT2D eigenvalue weighted by Gasteiger charge is 2.31. The van der Waals surface area contributed by atoms with Gasteiger partial charge in [0.25, 0.3) is 0 Å². The van der Waals surface area contributed by atoms with Crippen LogP contribution >= 0.6 is 0 Å². The van der Waals surface area contributed by atoms with Crippen molar-refractivity contribution in [2.75, 3.05) is 20.1 Å². The smallest absolute Gasteiger partial charge is 0.123 e. The van der Waals surface area contributed by atoms with Gasteiger partial charge in [-0.05, 0) is 62.2 Å². The number of aliphatic hydroxyl groups is 1. The number of nitrogens with zero attached hydrogens (tertiary/aromatic N) is 2. The van der Waals surface area contributed by atoms with Crippen LogP contribution in [-0.2, 0) is 25.0 Å². The van der Waals surface area contributed by atoms with Crippen molar-refractivity contribution in [3.63, 3.8) is 0 Å². The first-order chi connectivity index (χ1) is 13.4. The molecule has 1 atom stereocenters. The number of rotatable bonds is 4. The highest BCUT2D eigenvalue weighted by Crippen LogP contribution is 2.35. The fraction of sp³-hybridized carbons (Fsp3) is 0.417. The topological polar surface area (TPSA) is 28.4 Å². The molecule has 0 radical (unpaired) electrons. The van der Waals surface area contributed by atoms with Crippen molar-refractivity contribution in [3.05, 3.63) is 70.7 Å². The van der Waals surface area contributed by atoms with E-state index in [-0.39, 0.29) is 5.82 Å². The third-order valence-electron chi connectivity index (χ3n) is 6.30. The molecule has 1 aliphatic rings. The molecule has 0 spiro atoms. The average molecular weight is 381 g/mol. The van der Waals surface area contributed by atoms with Crippen LogP contribution in [0.1, 0.15) is 35.7 Å². The first kappa shape index (κ1) is 19.2. The fourth-order valence-electron chi connectivity index (χ4n) is 4.48. The molecule has 0 saturated heterocycles. The molecule has 1 aromatic heterocycles. The summed E-state index contributed by atoms with van der Waals surface area (Å²) < 4.78 is 15.7. The molecule has 0 bridgehead atoms. The van der Waals surface area contributed by atoms with Crippen LogP contribution in [0.3, 0.4) is 0 Å². The summed E-state index contributed by atoms with van der Waals surface area (Å²) in [5, 5.41) is 12.8. The zero-order valence-corrected chi connectivity index (χ0v) is 17.0. The Balaban J connectivity index is 1.84. The molecule has 3 nitrogen and oxygen atoms in total. The van der Waals surface area contributed by atoms with Gasteiger partial charge in [0, 0.05) is 36.1 Å². The Labute approximate surface area is 166 Å². The predicted molar refractivity (Wildman–Crippen MR) is 112 cm³/mol. The molecular formula is C24H29FN2O. The molecule has 4 rings (SSSR count). The first-order valence-electron chi connectivity index (χ1n) is 10.2. The lowest BCUT2D eigenvalue weighted by Crippen LogP contribution is -2.31. The molecule has 0 aliphatic carbocycles. The van der Waals surface area contributed by atoms with Crippen molar-refractivity contribution in [1.82, 2.24) is 9.47 Å². The van der Waals surface area contributed by atoms with Crippen molar-refractivity contribution < 1.29 is 9.50 Å². The van der Waals surface area contributed by atoms with Gasteiger partial charge in [0.2, 0.25) is 0 Å². The standard InChI is InChI=1S/C24H29FN2O/c1-4-24(28,18-6-8-19(25)9-7-18)16-27-22-10-5-17(2)15-21(22)20-11-13-26(3)14-12-23(20)27/h5-10,15,28H,4,11-14,16H2,1-3H3. The van der Waals surface area contributed by atoms with Gasteiger partial charge in [0.05, 0.1) is 6.54 Å². The molecule has 2 heterocycles. The zero-order chi connectivity index (χ0) is 19.9. The molecule has 4 heteroatoms. The van der Waals surface area contributed by atoms with E-state index in [0.717, 1.165) is 31.5 Å². The van der Waals surface area contributed by atoms with Crippen LogP contribution in [0.4, 0.5) is 4.39 Å². The Kier molecular flexibility index (Phi) is 5.02. The number of fused-ring (bicyclic) bond motifs is 3. The van der Waals surface area contributed by atoms with Gasteiger partial charge in [0.1, 0.15) is 11.4 Å². The van der Waals surface area contributed by atoms with Gasteiger partial charge in [0.15, 0.2) is 0 Å². The molecule has 1 unspecified atom stereocenters. The first-order valence-corrected chi connectivity index (χ1v) is 10.2. The summed E-state index contributed by atoms with van der Waals surface area (Å²) in [7, 11) is 2.17. The maximum absolute atomic E-state index is 13.4. The Morgan fingerprint density at radius 3 is 2.50 bits per heavy atom. The lowest BCUT2D eigenvalue weighted by molar-refractivity contribution is 0.0148. The van der Waals surface area contributed by atoms with E-state index in [1.165, 1.54) is 39.9 Å². The zero-order valence-electron chi connectivity index (χ0n) is 17.0. The van der Waals surface area contributed by atoms with Gasteiger partial charge in [-0.25, -0.2) is 4.39 Å². The number of aryl methyl sites for hydroxylation is 1. The van der Waals surface area contributed by atoms with Crippen LogP contribution < -0.4 is 0 Å². The van der Waals surface area contributed by atoms with Crippen LogP contribution in [0.5, 0.6) is 0 Å². The molecule has 0 amide bonds. The molecule has 2 aromatic carbocycles. The summed E-state index contributed by atoms with van der Waals surface area (Å²) in [5.41, 5.74) is 4.93. The number of benzene rings is 2. The van der Waals surface area contributed by atoms with Crippen molar-refractivity contribution in [3.8, 4) is 0 Å². The average Bonchev–Trinajstić information content (AvgIpc) is 2.82. The number of hydrogen-bond acceptors (Lipinski definition) is 2. The second-order valence-electron chi connectivity index (χ2n) is 8.23. The van der Waals surface area contributed by atoms with Crippen LogP contribution in [0, 0.1) is 12.7 Å². The van der Waals surface area contributed by atoms with Gasteiger partial charge in [-0.1, -0.05) is 30.7 Å². The summed E-state index contributed by atoms with van der Waals surface area (Å²) in [6.07, 6.45) is 2.57. The molecule has 0 saturated carbocycles. The maximum atomic E-state index is 13.4. The molecule has 1 aliphatic heterocycles. The van der Waals surface area contributed by atoms with Gasteiger partial charge in [-0.15, -0.1) is 0 Å². The van der Waals surface area contributed by atoms with E-state index >= 15 is 0 Å². The monoisotopic (exact) mass is 380 g/mol. The number of likely N-dealkylation sites (N-methyl/N-ethyl adjacent to an activating group) is 1. The summed E-state index contributed by atoms with van der Waals surface area (Å²) in [6.45, 7) is 6.67. The van der Waals surface area contributed by atoms with Crippen molar-refractivity contribution >= 4 is 10.9 Å². The summed E-state index contributed by atoms with van der Waals surface area (Å²) in [4.78, 5) is 2.37. The predicted octanol–water partition coefficient (Wildman–Crippen LogP) is 4.42. The molecule has 3 aromatic rings. The normalized spacial score (nSPS) is 17.3. The summed E-state index contributed by atoms with van der Waals surface area (Å²) >= 11 is 0. The highest BCUT2D eigenvalue weighted by molar-refractivity contribution is 5.86. The van der Waals surface area contributed by atoms with Crippen LogP contribution in [-0.4, -0.2) is 34.7 Å². The fourth-order valence-corrected chi connectivity index (χ4v) is 4.48. The van der Waals surface area contributed by atoms with Crippen LogP contribution in [0.15, 0.2) is 42.5 Å². The maximum Gasteiger partial charge on any atom is 0.123 e. The van der Waals surface area contributed by atoms with E-state index in [0.29, 0.717) is 13.0 Å². The lowest BCUT2D eigenvalue weighted by Gasteiger charge is -2.29. The minimum atomic E-state index is -1.03. The Hall–Kier alpha value is -2.17. The second-order valence-corrected chi connectivity index (χ2v) is 8.23. The van der Waals surface area contributed by atoms with Gasteiger partial charge in [-0.2, -0.15) is 0 Å². The molecule has 28 heavy (non-hydrogen) atoms. The van der Waals surface area contributed by atoms with E-state index in [9.17, 15) is 9.50 Å². The van der Waals surface area contributed by atoms with Crippen molar-refractivity contribution in [2.24, 2.45) is 0 Å². The number of aromatic nitrogens is 1. The van der Waals surface area contributed by atoms with E-state index in [1.54, 1.807) is 12.1 Å². The Morgan fingerprint density at radius 2 is 1.79 bits per heavy atom. The number of halogens is 1. The largest absolute Gasteiger partial charge is 0.383 e. The highest BCUT2D eigenvalue weighted by atomic mass is 19.1. The number of hydrogen-bond donors (Lipinski definition) is 1.